The number of rotatable bonds is 8. The number of nitrogens with zero attached hydrogens (tertiary/aromatic N) is 3. The molecule has 4 amide bonds. The predicted octanol–water partition coefficient (Wildman–Crippen LogP) is 5.84. The molecule has 11 heteroatoms. The number of urea groups is 1. The van der Waals surface area contributed by atoms with Crippen LogP contribution < -0.4 is 24.4 Å². The molecule has 0 aliphatic carbocycles. The van der Waals surface area contributed by atoms with Gasteiger partial charge in [-0.1, -0.05) is 0 Å². The van der Waals surface area contributed by atoms with Crippen LogP contribution in [0.1, 0.15) is 18.1 Å². The summed E-state index contributed by atoms with van der Waals surface area (Å²) < 4.78 is 30.6. The van der Waals surface area contributed by atoms with E-state index in [0.717, 1.165) is 33.5 Å². The number of carbonyl (C=O) groups excluding carboxylic acids is 3. The van der Waals surface area contributed by atoms with Gasteiger partial charge in [-0.2, -0.15) is 0 Å². The van der Waals surface area contributed by atoms with E-state index in [0.29, 0.717) is 40.7 Å². The number of anilines is 2. The highest BCUT2D eigenvalue weighted by Gasteiger charge is 2.43. The fourth-order valence-corrected chi connectivity index (χ4v) is 4.97. The molecule has 1 N–H and O–H groups in total. The summed E-state index contributed by atoms with van der Waals surface area (Å²) in [6, 6.07) is 13.2. The van der Waals surface area contributed by atoms with Gasteiger partial charge < -0.3 is 24.4 Å². The van der Waals surface area contributed by atoms with Crippen molar-refractivity contribution in [3.05, 3.63) is 77.7 Å². The number of nitrogens with one attached hydrogen (secondary N) is 1. The third-order valence-corrected chi connectivity index (χ3v) is 7.59. The summed E-state index contributed by atoms with van der Waals surface area (Å²) in [6.45, 7) is 5.69. The molecule has 222 valence electrons. The van der Waals surface area contributed by atoms with Crippen LogP contribution in [0.15, 0.2) is 60.8 Å². The van der Waals surface area contributed by atoms with Gasteiger partial charge in [-0.3, -0.25) is 14.6 Å². The van der Waals surface area contributed by atoms with Crippen LogP contribution in [0.25, 0.3) is 10.9 Å². The highest BCUT2D eigenvalue weighted by Crippen LogP contribution is 2.38. The number of halogens is 1. The molecule has 43 heavy (non-hydrogen) atoms. The van der Waals surface area contributed by atoms with Crippen molar-refractivity contribution < 1.29 is 33.0 Å². The first-order valence-electron chi connectivity index (χ1n) is 13.6. The van der Waals surface area contributed by atoms with E-state index in [2.05, 4.69) is 10.3 Å². The van der Waals surface area contributed by atoms with Crippen LogP contribution in [-0.2, 0) is 9.59 Å². The Balaban J connectivity index is 1.39. The first kappa shape index (κ1) is 29.3. The van der Waals surface area contributed by atoms with Gasteiger partial charge in [0.05, 0.1) is 25.4 Å². The highest BCUT2D eigenvalue weighted by atomic mass is 19.1. The number of fused-ring (bicyclic) bond motifs is 1. The minimum atomic E-state index is -1.16. The Hall–Kier alpha value is -5.19. The second-order valence-corrected chi connectivity index (χ2v) is 10.0. The van der Waals surface area contributed by atoms with E-state index in [-0.39, 0.29) is 12.2 Å². The zero-order valence-electron chi connectivity index (χ0n) is 24.4. The van der Waals surface area contributed by atoms with E-state index in [1.807, 2.05) is 13.8 Å². The number of ether oxygens (including phenoxy) is 3. The highest BCUT2D eigenvalue weighted by molar-refractivity contribution is 6.23. The first-order valence-corrected chi connectivity index (χ1v) is 13.6. The Morgan fingerprint density at radius 3 is 2.33 bits per heavy atom. The zero-order valence-corrected chi connectivity index (χ0v) is 24.4. The average Bonchev–Trinajstić information content (AvgIpc) is 3.01. The Kier molecular flexibility index (Phi) is 8.16. The second kappa shape index (κ2) is 12.0. The summed E-state index contributed by atoms with van der Waals surface area (Å²) in [5.74, 6) is -0.677. The van der Waals surface area contributed by atoms with Gasteiger partial charge in [0.25, 0.3) is 0 Å². The van der Waals surface area contributed by atoms with Crippen molar-refractivity contribution in [1.82, 2.24) is 9.88 Å². The third kappa shape index (κ3) is 5.53. The molecule has 3 aromatic carbocycles. The monoisotopic (exact) mass is 586 g/mol. The molecule has 1 unspecified atom stereocenters. The van der Waals surface area contributed by atoms with Crippen LogP contribution in [0.5, 0.6) is 23.0 Å². The lowest BCUT2D eigenvalue weighted by atomic mass is 10.0. The Morgan fingerprint density at radius 2 is 1.65 bits per heavy atom. The van der Waals surface area contributed by atoms with Gasteiger partial charge >= 0.3 is 6.03 Å². The molecule has 1 saturated heterocycles. The fourth-order valence-electron chi connectivity index (χ4n) is 4.97. The van der Waals surface area contributed by atoms with Gasteiger partial charge in [0.2, 0.25) is 11.8 Å². The van der Waals surface area contributed by atoms with Gasteiger partial charge in [-0.15, -0.1) is 0 Å². The molecule has 10 nitrogen and oxygen atoms in total. The number of carbonyl (C=O) groups is 3. The molecule has 1 atom stereocenters. The SMILES string of the molecule is CCN1CC(C(=O)Nc2ccc(Oc3ccnc4cc(OC)c(OC)cc34)c(C)c2C)C(=O)N(c2ccc(F)cc2)C1=O. The number of aromatic nitrogens is 1. The maximum absolute atomic E-state index is 13.5. The Bertz CT molecular complexity index is 1730. The minimum absolute atomic E-state index is 0.0692. The van der Waals surface area contributed by atoms with E-state index in [1.165, 1.54) is 17.0 Å². The lowest BCUT2D eigenvalue weighted by Gasteiger charge is -2.37. The number of amides is 4. The van der Waals surface area contributed by atoms with Gasteiger partial charge in [0.1, 0.15) is 23.2 Å². The Morgan fingerprint density at radius 1 is 0.953 bits per heavy atom. The number of hydrogen-bond donors (Lipinski definition) is 1. The van der Waals surface area contributed by atoms with Crippen molar-refractivity contribution in [2.75, 3.05) is 37.5 Å². The molecular formula is C32H31FN4O6. The van der Waals surface area contributed by atoms with Crippen LogP contribution in [0.4, 0.5) is 20.6 Å². The zero-order chi connectivity index (χ0) is 30.8. The topological polar surface area (TPSA) is 110 Å². The van der Waals surface area contributed by atoms with Crippen molar-refractivity contribution in [3.63, 3.8) is 0 Å². The number of pyridine rings is 1. The van der Waals surface area contributed by atoms with E-state index in [1.54, 1.807) is 57.7 Å². The summed E-state index contributed by atoms with van der Waals surface area (Å²) in [5.41, 5.74) is 2.88. The molecular weight excluding hydrogens is 555 g/mol. The number of hydrogen-bond acceptors (Lipinski definition) is 7. The van der Waals surface area contributed by atoms with Crippen LogP contribution in [0.2, 0.25) is 0 Å². The molecule has 0 spiro atoms. The quantitative estimate of drug-likeness (QED) is 0.258. The van der Waals surface area contributed by atoms with Gasteiger partial charge in [-0.05, 0) is 80.4 Å². The Labute approximate surface area is 248 Å². The van der Waals surface area contributed by atoms with E-state index in [9.17, 15) is 18.8 Å². The summed E-state index contributed by atoms with van der Waals surface area (Å²) in [5, 5.41) is 3.59. The molecule has 1 aliphatic rings. The fraction of sp³-hybridized carbons (Fsp3) is 0.250. The summed E-state index contributed by atoms with van der Waals surface area (Å²) in [6.07, 6.45) is 1.64. The maximum Gasteiger partial charge on any atom is 0.331 e. The smallest absolute Gasteiger partial charge is 0.331 e. The van der Waals surface area contributed by atoms with Gasteiger partial charge in [0.15, 0.2) is 11.5 Å². The van der Waals surface area contributed by atoms with Crippen molar-refractivity contribution in [2.24, 2.45) is 5.92 Å². The van der Waals surface area contributed by atoms with Crippen molar-refractivity contribution >= 4 is 40.1 Å². The molecule has 0 saturated carbocycles. The van der Waals surface area contributed by atoms with Crippen LogP contribution >= 0.6 is 0 Å². The largest absolute Gasteiger partial charge is 0.493 e. The second-order valence-electron chi connectivity index (χ2n) is 10.0. The summed E-state index contributed by atoms with van der Waals surface area (Å²) in [4.78, 5) is 46.6. The number of methoxy groups -OCH3 is 2. The van der Waals surface area contributed by atoms with E-state index < -0.39 is 29.6 Å². The molecule has 5 rings (SSSR count). The number of imide groups is 1. The average molecular weight is 587 g/mol. The summed E-state index contributed by atoms with van der Waals surface area (Å²) in [7, 11) is 3.11. The molecule has 0 radical (unpaired) electrons. The normalized spacial score (nSPS) is 15.1. The lowest BCUT2D eigenvalue weighted by molar-refractivity contribution is -0.132. The lowest BCUT2D eigenvalue weighted by Crippen LogP contribution is -2.59. The molecule has 0 bridgehead atoms. The minimum Gasteiger partial charge on any atom is -0.493 e. The number of benzene rings is 3. The van der Waals surface area contributed by atoms with E-state index in [4.69, 9.17) is 14.2 Å². The molecule has 1 aromatic heterocycles. The first-order chi connectivity index (χ1) is 20.7. The molecule has 2 heterocycles. The van der Waals surface area contributed by atoms with Crippen molar-refractivity contribution in [3.8, 4) is 23.0 Å². The maximum atomic E-state index is 13.5. The van der Waals surface area contributed by atoms with Gasteiger partial charge in [-0.25, -0.2) is 14.1 Å². The van der Waals surface area contributed by atoms with Gasteiger partial charge in [0, 0.05) is 36.4 Å². The van der Waals surface area contributed by atoms with Crippen LogP contribution in [0, 0.1) is 25.6 Å². The van der Waals surface area contributed by atoms with Crippen molar-refractivity contribution in [1.29, 1.82) is 0 Å². The van der Waals surface area contributed by atoms with E-state index >= 15 is 0 Å². The predicted molar refractivity (Wildman–Crippen MR) is 159 cm³/mol. The standard InChI is InChI=1S/C32H31FN4O6/c1-6-36-17-23(31(39)37(32(36)40)21-9-7-20(33)8-10-21)30(38)35-24-11-12-26(19(3)18(24)2)43-27-13-14-34-25-16-29(42-5)28(41-4)15-22(25)27/h7-16,23H,6,17H2,1-5H3,(H,35,38). The third-order valence-electron chi connectivity index (χ3n) is 7.59. The van der Waals surface area contributed by atoms with Crippen LogP contribution in [-0.4, -0.2) is 55.0 Å². The molecule has 1 fully saturated rings. The van der Waals surface area contributed by atoms with Crippen molar-refractivity contribution in [2.45, 2.75) is 20.8 Å². The summed E-state index contributed by atoms with van der Waals surface area (Å²) >= 11 is 0. The molecule has 1 aliphatic heterocycles. The molecule has 4 aromatic rings. The van der Waals surface area contributed by atoms with Crippen LogP contribution in [0.3, 0.4) is 0 Å².